The molecule has 0 amide bonds. The van der Waals surface area contributed by atoms with Crippen molar-refractivity contribution < 1.29 is 23.8 Å². The molecule has 1 aromatic rings. The number of ether oxygens (including phenoxy) is 2. The monoisotopic (exact) mass is 241 g/mol. The maximum Gasteiger partial charge on any atom is 0.362 e. The highest BCUT2D eigenvalue weighted by Crippen LogP contribution is 2.23. The minimum absolute atomic E-state index is 0.0204. The highest BCUT2D eigenvalue weighted by molar-refractivity contribution is 5.87. The van der Waals surface area contributed by atoms with E-state index in [4.69, 9.17) is 19.0 Å². The van der Waals surface area contributed by atoms with E-state index in [1.54, 1.807) is 6.92 Å². The van der Waals surface area contributed by atoms with Gasteiger partial charge in [0.2, 0.25) is 11.6 Å². The number of rotatable bonds is 5. The quantitative estimate of drug-likeness (QED) is 0.841. The first-order chi connectivity index (χ1) is 8.20. The molecule has 1 aromatic heterocycles. The molecule has 0 aromatic carbocycles. The Bertz CT molecular complexity index is 395. The fourth-order valence-corrected chi connectivity index (χ4v) is 1.80. The standard InChI is InChI=1S/C11H15NO5/c1-2-15-11-9(10(13)14)12-8(17-11)6-7-4-3-5-16-7/h7H,2-6H2,1H3,(H,13,14). The van der Waals surface area contributed by atoms with E-state index in [9.17, 15) is 4.79 Å². The normalized spacial score (nSPS) is 19.5. The number of oxazole rings is 1. The average Bonchev–Trinajstić information content (AvgIpc) is 2.89. The Balaban J connectivity index is 2.11. The first-order valence-electron chi connectivity index (χ1n) is 5.68. The molecule has 2 rings (SSSR count). The Kier molecular flexibility index (Phi) is 3.63. The molecule has 1 fully saturated rings. The van der Waals surface area contributed by atoms with E-state index in [0.29, 0.717) is 18.9 Å². The molecule has 0 aliphatic carbocycles. The Morgan fingerprint density at radius 2 is 2.47 bits per heavy atom. The van der Waals surface area contributed by atoms with Crippen LogP contribution in [0.2, 0.25) is 0 Å². The van der Waals surface area contributed by atoms with Gasteiger partial charge in [-0.05, 0) is 19.8 Å². The van der Waals surface area contributed by atoms with Crippen LogP contribution in [0.3, 0.4) is 0 Å². The minimum Gasteiger partial charge on any atom is -0.476 e. The van der Waals surface area contributed by atoms with Gasteiger partial charge in [0.1, 0.15) is 0 Å². The van der Waals surface area contributed by atoms with E-state index in [1.807, 2.05) is 0 Å². The second-order valence-electron chi connectivity index (χ2n) is 3.82. The first-order valence-corrected chi connectivity index (χ1v) is 5.68. The largest absolute Gasteiger partial charge is 0.476 e. The van der Waals surface area contributed by atoms with Crippen LogP contribution in [-0.2, 0) is 11.2 Å². The Morgan fingerprint density at radius 3 is 3.06 bits per heavy atom. The van der Waals surface area contributed by atoms with Crippen molar-refractivity contribution in [3.8, 4) is 5.95 Å². The number of aromatic carboxylic acids is 1. The maximum absolute atomic E-state index is 10.9. The third-order valence-electron chi connectivity index (χ3n) is 2.54. The molecule has 0 spiro atoms. The minimum atomic E-state index is -1.14. The smallest absolute Gasteiger partial charge is 0.362 e. The number of hydrogen-bond acceptors (Lipinski definition) is 5. The van der Waals surface area contributed by atoms with Gasteiger partial charge < -0.3 is 19.0 Å². The molecule has 94 valence electrons. The summed E-state index contributed by atoms with van der Waals surface area (Å²) >= 11 is 0. The maximum atomic E-state index is 10.9. The van der Waals surface area contributed by atoms with Crippen LogP contribution in [0.25, 0.3) is 0 Å². The highest BCUT2D eigenvalue weighted by atomic mass is 16.6. The summed E-state index contributed by atoms with van der Waals surface area (Å²) in [5, 5.41) is 8.93. The van der Waals surface area contributed by atoms with Crippen LogP contribution in [0.4, 0.5) is 0 Å². The zero-order valence-corrected chi connectivity index (χ0v) is 9.64. The summed E-state index contributed by atoms with van der Waals surface area (Å²) in [6.45, 7) is 2.85. The molecule has 1 N–H and O–H groups in total. The van der Waals surface area contributed by atoms with Crippen LogP contribution in [-0.4, -0.2) is 35.4 Å². The summed E-state index contributed by atoms with van der Waals surface area (Å²) in [5.41, 5.74) is -0.167. The fraction of sp³-hybridized carbons (Fsp3) is 0.636. The molecule has 0 saturated carbocycles. The molecule has 1 aliphatic rings. The zero-order valence-electron chi connectivity index (χ0n) is 9.64. The van der Waals surface area contributed by atoms with Gasteiger partial charge in [0.25, 0.3) is 0 Å². The Morgan fingerprint density at radius 1 is 1.65 bits per heavy atom. The molecular formula is C11H15NO5. The van der Waals surface area contributed by atoms with E-state index >= 15 is 0 Å². The lowest BCUT2D eigenvalue weighted by molar-refractivity contribution is 0.0683. The lowest BCUT2D eigenvalue weighted by Crippen LogP contribution is -2.09. The molecule has 6 heteroatoms. The molecular weight excluding hydrogens is 226 g/mol. The number of nitrogens with zero attached hydrogens (tertiary/aromatic N) is 1. The van der Waals surface area contributed by atoms with Crippen molar-refractivity contribution in [3.63, 3.8) is 0 Å². The van der Waals surface area contributed by atoms with Gasteiger partial charge in [-0.1, -0.05) is 0 Å². The lowest BCUT2D eigenvalue weighted by Gasteiger charge is -2.04. The van der Waals surface area contributed by atoms with Gasteiger partial charge in [0, 0.05) is 6.61 Å². The van der Waals surface area contributed by atoms with Crippen molar-refractivity contribution >= 4 is 5.97 Å². The topological polar surface area (TPSA) is 81.8 Å². The Hall–Kier alpha value is -1.56. The summed E-state index contributed by atoms with van der Waals surface area (Å²) in [5.74, 6) is -0.804. The molecule has 17 heavy (non-hydrogen) atoms. The van der Waals surface area contributed by atoms with Crippen molar-refractivity contribution in [2.45, 2.75) is 32.3 Å². The summed E-state index contributed by atoms with van der Waals surface area (Å²) in [6.07, 6.45) is 2.54. The summed E-state index contributed by atoms with van der Waals surface area (Å²) in [7, 11) is 0. The van der Waals surface area contributed by atoms with Gasteiger partial charge in [-0.3, -0.25) is 0 Å². The van der Waals surface area contributed by atoms with Gasteiger partial charge in [-0.15, -0.1) is 0 Å². The summed E-state index contributed by atoms with van der Waals surface area (Å²) in [4.78, 5) is 14.8. The molecule has 1 atom stereocenters. The molecule has 1 saturated heterocycles. The molecule has 6 nitrogen and oxygen atoms in total. The third-order valence-corrected chi connectivity index (χ3v) is 2.54. The number of hydrogen-bond donors (Lipinski definition) is 1. The molecule has 1 unspecified atom stereocenters. The zero-order chi connectivity index (χ0) is 12.3. The fourth-order valence-electron chi connectivity index (χ4n) is 1.80. The first kappa shape index (κ1) is 11.9. The number of carbonyl (C=O) groups is 1. The van der Waals surface area contributed by atoms with Crippen LogP contribution in [0.15, 0.2) is 4.42 Å². The lowest BCUT2D eigenvalue weighted by atomic mass is 10.2. The SMILES string of the molecule is CCOc1oc(CC2CCCO2)nc1C(=O)O. The van der Waals surface area contributed by atoms with E-state index in [-0.39, 0.29) is 17.7 Å². The van der Waals surface area contributed by atoms with Crippen molar-refractivity contribution in [2.75, 3.05) is 13.2 Å². The second-order valence-corrected chi connectivity index (χ2v) is 3.82. The van der Waals surface area contributed by atoms with Crippen molar-refractivity contribution in [1.29, 1.82) is 0 Å². The van der Waals surface area contributed by atoms with Gasteiger partial charge in [-0.25, -0.2) is 9.78 Å². The average molecular weight is 241 g/mol. The number of carboxylic acid groups (broad SMARTS) is 1. The molecule has 0 radical (unpaired) electrons. The van der Waals surface area contributed by atoms with Gasteiger partial charge in [0.05, 0.1) is 19.1 Å². The predicted molar refractivity (Wildman–Crippen MR) is 57.3 cm³/mol. The van der Waals surface area contributed by atoms with E-state index < -0.39 is 5.97 Å². The van der Waals surface area contributed by atoms with Crippen molar-refractivity contribution in [1.82, 2.24) is 4.98 Å². The van der Waals surface area contributed by atoms with Gasteiger partial charge in [0.15, 0.2) is 0 Å². The number of aromatic nitrogens is 1. The Labute approximate surface area is 98.5 Å². The van der Waals surface area contributed by atoms with E-state index in [0.717, 1.165) is 19.4 Å². The van der Waals surface area contributed by atoms with E-state index in [2.05, 4.69) is 4.98 Å². The van der Waals surface area contributed by atoms with Crippen LogP contribution < -0.4 is 4.74 Å². The van der Waals surface area contributed by atoms with Gasteiger partial charge >= 0.3 is 11.9 Å². The molecule has 2 heterocycles. The second kappa shape index (κ2) is 5.18. The summed E-state index contributed by atoms with van der Waals surface area (Å²) in [6, 6.07) is 0. The third kappa shape index (κ3) is 2.76. The molecule has 0 bridgehead atoms. The number of carboxylic acids is 1. The van der Waals surface area contributed by atoms with Crippen molar-refractivity contribution in [3.05, 3.63) is 11.6 Å². The molecule has 1 aliphatic heterocycles. The van der Waals surface area contributed by atoms with Crippen LogP contribution in [0.1, 0.15) is 36.1 Å². The highest BCUT2D eigenvalue weighted by Gasteiger charge is 2.24. The van der Waals surface area contributed by atoms with E-state index in [1.165, 1.54) is 0 Å². The van der Waals surface area contributed by atoms with Crippen LogP contribution in [0, 0.1) is 0 Å². The van der Waals surface area contributed by atoms with Crippen LogP contribution >= 0.6 is 0 Å². The van der Waals surface area contributed by atoms with Crippen molar-refractivity contribution in [2.24, 2.45) is 0 Å². The van der Waals surface area contributed by atoms with Gasteiger partial charge in [-0.2, -0.15) is 0 Å². The van der Waals surface area contributed by atoms with Crippen LogP contribution in [0.5, 0.6) is 5.95 Å². The predicted octanol–water partition coefficient (Wildman–Crippen LogP) is 1.49. The summed E-state index contributed by atoms with van der Waals surface area (Å²) < 4.78 is 15.8.